The van der Waals surface area contributed by atoms with E-state index < -0.39 is 4.92 Å². The fraction of sp³-hybridized carbons (Fsp3) is 0.583. The SMILES string of the molecule is CCNc1ccc([N+](=O)[O-])c(NC(C)C(CO)SC)n1. The van der Waals surface area contributed by atoms with Crippen LogP contribution in [0.2, 0.25) is 0 Å². The van der Waals surface area contributed by atoms with Crippen molar-refractivity contribution in [1.82, 2.24) is 4.98 Å². The molecule has 112 valence electrons. The molecule has 2 atom stereocenters. The largest absolute Gasteiger partial charge is 0.395 e. The predicted molar refractivity (Wildman–Crippen MR) is 82.5 cm³/mol. The van der Waals surface area contributed by atoms with Gasteiger partial charge in [0.25, 0.3) is 0 Å². The molecule has 0 radical (unpaired) electrons. The number of thioether (sulfide) groups is 1. The Kier molecular flexibility index (Phi) is 6.53. The number of hydrogen-bond donors (Lipinski definition) is 3. The van der Waals surface area contributed by atoms with Crippen LogP contribution < -0.4 is 10.6 Å². The molecular weight excluding hydrogens is 280 g/mol. The van der Waals surface area contributed by atoms with Crippen LogP contribution >= 0.6 is 11.8 Å². The number of aliphatic hydroxyl groups is 1. The third-order valence-electron chi connectivity index (χ3n) is 2.83. The molecule has 7 nitrogen and oxygen atoms in total. The zero-order valence-corrected chi connectivity index (χ0v) is 12.6. The van der Waals surface area contributed by atoms with Crippen molar-refractivity contribution in [1.29, 1.82) is 0 Å². The van der Waals surface area contributed by atoms with E-state index in [9.17, 15) is 15.2 Å². The second-order valence-corrected chi connectivity index (χ2v) is 5.32. The summed E-state index contributed by atoms with van der Waals surface area (Å²) in [7, 11) is 0. The Labute approximate surface area is 122 Å². The maximum Gasteiger partial charge on any atom is 0.311 e. The Morgan fingerprint density at radius 1 is 1.55 bits per heavy atom. The number of nitro groups is 1. The molecular formula is C12H20N4O3S. The summed E-state index contributed by atoms with van der Waals surface area (Å²) in [5.41, 5.74) is -0.0729. The first-order valence-electron chi connectivity index (χ1n) is 6.33. The Morgan fingerprint density at radius 3 is 2.75 bits per heavy atom. The second kappa shape index (κ2) is 7.91. The van der Waals surface area contributed by atoms with E-state index >= 15 is 0 Å². The van der Waals surface area contributed by atoms with Crippen molar-refractivity contribution in [2.45, 2.75) is 25.1 Å². The number of nitrogens with one attached hydrogen (secondary N) is 2. The standard InChI is InChI=1S/C12H20N4O3S/c1-4-13-11-6-5-9(16(18)19)12(15-11)14-8(2)10(7-17)20-3/h5-6,8,10,17H,4,7H2,1-3H3,(H2,13,14,15). The molecule has 2 unspecified atom stereocenters. The molecule has 0 aliphatic carbocycles. The summed E-state index contributed by atoms with van der Waals surface area (Å²) in [5, 5.41) is 26.3. The van der Waals surface area contributed by atoms with Gasteiger partial charge in [-0.3, -0.25) is 10.1 Å². The molecule has 1 aromatic rings. The van der Waals surface area contributed by atoms with Crippen molar-refractivity contribution in [3.8, 4) is 0 Å². The average molecular weight is 300 g/mol. The topological polar surface area (TPSA) is 100 Å². The van der Waals surface area contributed by atoms with Crippen LogP contribution in [0.25, 0.3) is 0 Å². The van der Waals surface area contributed by atoms with Crippen molar-refractivity contribution < 1.29 is 10.0 Å². The van der Waals surface area contributed by atoms with Gasteiger partial charge < -0.3 is 15.7 Å². The molecule has 0 fully saturated rings. The van der Waals surface area contributed by atoms with Gasteiger partial charge in [0.05, 0.1) is 11.5 Å². The van der Waals surface area contributed by atoms with E-state index in [2.05, 4.69) is 15.6 Å². The maximum atomic E-state index is 11.0. The smallest absolute Gasteiger partial charge is 0.311 e. The van der Waals surface area contributed by atoms with Crippen LogP contribution in [0.1, 0.15) is 13.8 Å². The van der Waals surface area contributed by atoms with Gasteiger partial charge in [-0.15, -0.1) is 0 Å². The van der Waals surface area contributed by atoms with E-state index in [4.69, 9.17) is 0 Å². The highest BCUT2D eigenvalue weighted by atomic mass is 32.2. The third-order valence-corrected chi connectivity index (χ3v) is 4.00. The molecule has 0 saturated heterocycles. The predicted octanol–water partition coefficient (Wildman–Crippen LogP) is 1.95. The van der Waals surface area contributed by atoms with Crippen LogP contribution in [0, 0.1) is 10.1 Å². The lowest BCUT2D eigenvalue weighted by atomic mass is 10.2. The zero-order valence-electron chi connectivity index (χ0n) is 11.8. The summed E-state index contributed by atoms with van der Waals surface area (Å²) in [6, 6.07) is 2.86. The molecule has 0 saturated carbocycles. The van der Waals surface area contributed by atoms with Gasteiger partial charge in [0, 0.05) is 23.9 Å². The van der Waals surface area contributed by atoms with Gasteiger partial charge >= 0.3 is 5.69 Å². The van der Waals surface area contributed by atoms with E-state index in [0.29, 0.717) is 12.4 Å². The Morgan fingerprint density at radius 2 is 2.25 bits per heavy atom. The molecule has 0 bridgehead atoms. The van der Waals surface area contributed by atoms with Gasteiger partial charge in [-0.1, -0.05) is 0 Å². The molecule has 0 aliphatic heterocycles. The summed E-state index contributed by atoms with van der Waals surface area (Å²) in [5.74, 6) is 0.797. The maximum absolute atomic E-state index is 11.0. The average Bonchev–Trinajstić information content (AvgIpc) is 2.40. The third kappa shape index (κ3) is 4.24. The first-order chi connectivity index (χ1) is 9.53. The van der Waals surface area contributed by atoms with E-state index in [1.165, 1.54) is 17.8 Å². The number of nitrogens with zero attached hydrogens (tertiary/aromatic N) is 2. The van der Waals surface area contributed by atoms with Gasteiger partial charge in [-0.25, -0.2) is 4.98 Å². The lowest BCUT2D eigenvalue weighted by molar-refractivity contribution is -0.384. The highest BCUT2D eigenvalue weighted by molar-refractivity contribution is 7.99. The van der Waals surface area contributed by atoms with E-state index in [-0.39, 0.29) is 29.4 Å². The number of aromatic nitrogens is 1. The molecule has 0 aromatic carbocycles. The molecule has 20 heavy (non-hydrogen) atoms. The van der Waals surface area contributed by atoms with Crippen molar-refractivity contribution >= 4 is 29.1 Å². The Bertz CT molecular complexity index is 454. The molecule has 1 rings (SSSR count). The van der Waals surface area contributed by atoms with Crippen molar-refractivity contribution in [3.63, 3.8) is 0 Å². The molecule has 1 heterocycles. The van der Waals surface area contributed by atoms with Crippen LogP contribution in [-0.4, -0.2) is 45.7 Å². The highest BCUT2D eigenvalue weighted by Crippen LogP contribution is 2.26. The minimum absolute atomic E-state index is 0.00394. The lowest BCUT2D eigenvalue weighted by Crippen LogP contribution is -2.31. The molecule has 0 spiro atoms. The normalized spacial score (nSPS) is 13.6. The Hall–Kier alpha value is -1.54. The zero-order chi connectivity index (χ0) is 15.1. The summed E-state index contributed by atoms with van der Waals surface area (Å²) in [4.78, 5) is 14.8. The minimum Gasteiger partial charge on any atom is -0.395 e. The van der Waals surface area contributed by atoms with Gasteiger partial charge in [0.15, 0.2) is 0 Å². The minimum atomic E-state index is -0.467. The number of pyridine rings is 1. The van der Waals surface area contributed by atoms with E-state index in [0.717, 1.165) is 0 Å². The summed E-state index contributed by atoms with van der Waals surface area (Å²) in [6.07, 6.45) is 1.88. The fourth-order valence-corrected chi connectivity index (χ4v) is 2.36. The first kappa shape index (κ1) is 16.5. The van der Waals surface area contributed by atoms with Crippen LogP contribution in [-0.2, 0) is 0 Å². The number of anilines is 2. The quantitative estimate of drug-likeness (QED) is 0.498. The van der Waals surface area contributed by atoms with Gasteiger partial charge in [0.1, 0.15) is 5.82 Å². The number of hydrogen-bond acceptors (Lipinski definition) is 7. The van der Waals surface area contributed by atoms with Gasteiger partial charge in [0.2, 0.25) is 5.82 Å². The fourth-order valence-electron chi connectivity index (χ4n) is 1.73. The number of aliphatic hydroxyl groups excluding tert-OH is 1. The number of rotatable bonds is 8. The lowest BCUT2D eigenvalue weighted by Gasteiger charge is -2.21. The molecule has 8 heteroatoms. The van der Waals surface area contributed by atoms with E-state index in [1.807, 2.05) is 20.1 Å². The summed E-state index contributed by atoms with van der Waals surface area (Å²) >= 11 is 1.50. The van der Waals surface area contributed by atoms with Crippen LogP contribution in [0.3, 0.4) is 0 Å². The van der Waals surface area contributed by atoms with Crippen LogP contribution in [0.5, 0.6) is 0 Å². The summed E-state index contributed by atoms with van der Waals surface area (Å²) in [6.45, 7) is 4.47. The van der Waals surface area contributed by atoms with Gasteiger partial charge in [-0.2, -0.15) is 11.8 Å². The van der Waals surface area contributed by atoms with Gasteiger partial charge in [-0.05, 0) is 26.2 Å². The monoisotopic (exact) mass is 300 g/mol. The second-order valence-electron chi connectivity index (χ2n) is 4.24. The first-order valence-corrected chi connectivity index (χ1v) is 7.61. The van der Waals surface area contributed by atoms with Crippen molar-refractivity contribution in [3.05, 3.63) is 22.2 Å². The molecule has 1 aromatic heterocycles. The molecule has 3 N–H and O–H groups in total. The Balaban J connectivity index is 3.00. The summed E-state index contributed by atoms with van der Waals surface area (Å²) < 4.78 is 0. The molecule has 0 aliphatic rings. The highest BCUT2D eigenvalue weighted by Gasteiger charge is 2.21. The molecule has 0 amide bonds. The van der Waals surface area contributed by atoms with Crippen LogP contribution in [0.15, 0.2) is 12.1 Å². The van der Waals surface area contributed by atoms with E-state index in [1.54, 1.807) is 6.07 Å². The van der Waals surface area contributed by atoms with Crippen molar-refractivity contribution in [2.75, 3.05) is 30.0 Å². The van der Waals surface area contributed by atoms with Crippen LogP contribution in [0.4, 0.5) is 17.3 Å². The van der Waals surface area contributed by atoms with Crippen molar-refractivity contribution in [2.24, 2.45) is 0 Å².